The van der Waals surface area contributed by atoms with E-state index >= 15 is 0 Å². The van der Waals surface area contributed by atoms with Crippen molar-refractivity contribution in [2.45, 2.75) is 97.1 Å². The van der Waals surface area contributed by atoms with Crippen LogP contribution in [0.15, 0.2) is 0 Å². The van der Waals surface area contributed by atoms with E-state index in [-0.39, 0.29) is 33.0 Å². The minimum absolute atomic E-state index is 0. The first kappa shape index (κ1) is 35.8. The molecule has 39 heavy (non-hydrogen) atoms. The normalized spacial score (nSPS) is 16.4. The molecule has 7 atom stereocenters. The molecule has 14 heteroatoms. The Morgan fingerprint density at radius 3 is 1.77 bits per heavy atom. The molecule has 0 aromatic carbocycles. The number of aliphatic hydroxyl groups is 2. The van der Waals surface area contributed by atoms with Gasteiger partial charge in [-0.1, -0.05) is 6.92 Å². The van der Waals surface area contributed by atoms with Crippen LogP contribution in [0.3, 0.4) is 0 Å². The van der Waals surface area contributed by atoms with Gasteiger partial charge in [-0.25, -0.2) is 0 Å². The Bertz CT molecular complexity index is 911. The summed E-state index contributed by atoms with van der Waals surface area (Å²) in [6.45, 7) is 6.71. The van der Waals surface area contributed by atoms with Crippen LogP contribution in [-0.4, -0.2) is 88.1 Å². The average molecular weight is 559 g/mol. The maximum Gasteiger partial charge on any atom is 1.00 e. The Balaban J connectivity index is 0. The van der Waals surface area contributed by atoms with Gasteiger partial charge in [0.25, 0.3) is 0 Å². The summed E-state index contributed by atoms with van der Waals surface area (Å²) in [6, 6.07) is -3.28. The van der Waals surface area contributed by atoms with E-state index in [1.165, 1.54) is 27.7 Å². The number of hydrogen-bond donors (Lipinski definition) is 7. The van der Waals surface area contributed by atoms with Crippen LogP contribution in [0.25, 0.3) is 0 Å². The molecular formula is C25H44N5O9+. The van der Waals surface area contributed by atoms with Crippen LogP contribution >= 0.6 is 0 Å². The predicted octanol–water partition coefficient (Wildman–Crippen LogP) is -2.29. The molecule has 0 bridgehead atoms. The van der Waals surface area contributed by atoms with Crippen LogP contribution in [0.2, 0.25) is 0 Å². The fourth-order valence-corrected chi connectivity index (χ4v) is 3.46. The first-order chi connectivity index (χ1) is 18.0. The highest BCUT2D eigenvalue weighted by atomic mass is 16.3. The molecule has 0 aromatic rings. The first-order valence-electron chi connectivity index (χ1n) is 12.9. The molecule has 9 N–H and O–H groups in total. The van der Waals surface area contributed by atoms with Gasteiger partial charge < -0.3 is 37.6 Å². The van der Waals surface area contributed by atoms with Gasteiger partial charge in [0, 0.05) is 25.7 Å². The van der Waals surface area contributed by atoms with E-state index in [0.717, 1.165) is 0 Å². The summed E-state index contributed by atoms with van der Waals surface area (Å²) >= 11 is 0. The van der Waals surface area contributed by atoms with Crippen molar-refractivity contribution in [3.63, 3.8) is 0 Å². The smallest absolute Gasteiger partial charge is 0.393 e. The summed E-state index contributed by atoms with van der Waals surface area (Å²) < 4.78 is 0. The SMILES string of the molecule is CCC(=O)CNC(=O)[C@@H](CC(=O)[C@H](C)NC(=O)[C@@H](CC(=O)[C@H](CCC(N)=O)NC(=O)[C@H](C)N)C(C)O)C(C)O.[H+]. The van der Waals surface area contributed by atoms with Crippen LogP contribution in [-0.2, 0) is 33.6 Å². The van der Waals surface area contributed by atoms with Gasteiger partial charge in [-0.3, -0.25) is 33.6 Å². The lowest BCUT2D eigenvalue weighted by molar-refractivity contribution is -0.137. The van der Waals surface area contributed by atoms with Gasteiger partial charge in [0.2, 0.25) is 23.6 Å². The van der Waals surface area contributed by atoms with E-state index in [1.54, 1.807) is 6.92 Å². The van der Waals surface area contributed by atoms with Crippen molar-refractivity contribution in [3.8, 4) is 0 Å². The third-order valence-electron chi connectivity index (χ3n) is 6.17. The molecule has 0 aliphatic heterocycles. The monoisotopic (exact) mass is 558 g/mol. The number of aliphatic hydroxyl groups excluding tert-OH is 2. The van der Waals surface area contributed by atoms with E-state index in [4.69, 9.17) is 11.5 Å². The standard InChI is InChI=1S/C25H43N5O9/c1-6-16(33)11-28-24(38)17(14(4)31)9-20(34)13(3)29-25(39)18(15(5)32)10-21(35)19(7-8-22(27)36)30-23(37)12(2)26/h12-15,17-19,31-32H,6-11,26H2,1-5H3,(H2,27,36)(H,28,38)(H,29,39)(H,30,37)/p+1/t12-,13-,14?,15?,17-,18-,19-/m0/s1. The molecule has 14 nitrogen and oxygen atoms in total. The maximum absolute atomic E-state index is 12.9. The number of primary amides is 1. The van der Waals surface area contributed by atoms with Crippen LogP contribution < -0.4 is 27.4 Å². The lowest BCUT2D eigenvalue weighted by Gasteiger charge is -2.25. The summed E-state index contributed by atoms with van der Waals surface area (Å²) in [7, 11) is 0. The van der Waals surface area contributed by atoms with Crippen molar-refractivity contribution < 1.29 is 45.2 Å². The second-order valence-corrected chi connectivity index (χ2v) is 9.73. The van der Waals surface area contributed by atoms with Gasteiger partial charge in [0.15, 0.2) is 17.3 Å². The first-order valence-corrected chi connectivity index (χ1v) is 12.9. The molecule has 0 radical (unpaired) electrons. The number of carbonyl (C=O) groups excluding carboxylic acids is 7. The number of nitrogens with two attached hydrogens (primary N) is 2. The number of rotatable bonds is 19. The van der Waals surface area contributed by atoms with Gasteiger partial charge in [-0.15, -0.1) is 0 Å². The molecule has 0 heterocycles. The third-order valence-corrected chi connectivity index (χ3v) is 6.17. The third kappa shape index (κ3) is 13.4. The number of ketones is 3. The fourth-order valence-electron chi connectivity index (χ4n) is 3.46. The summed E-state index contributed by atoms with van der Waals surface area (Å²) in [5, 5.41) is 27.3. The van der Waals surface area contributed by atoms with Gasteiger partial charge in [0.1, 0.15) is 0 Å². The molecular weight excluding hydrogens is 514 g/mol. The van der Waals surface area contributed by atoms with E-state index in [1.807, 2.05) is 0 Å². The highest BCUT2D eigenvalue weighted by Gasteiger charge is 2.34. The highest BCUT2D eigenvalue weighted by molar-refractivity contribution is 5.96. The van der Waals surface area contributed by atoms with Gasteiger partial charge >= 0.3 is 1.43 Å². The topological polar surface area (TPSA) is 248 Å². The molecule has 0 spiro atoms. The van der Waals surface area contributed by atoms with Crippen molar-refractivity contribution in [1.82, 2.24) is 16.0 Å². The number of carbonyl (C=O) groups is 7. The Morgan fingerprint density at radius 1 is 0.795 bits per heavy atom. The van der Waals surface area contributed by atoms with Crippen molar-refractivity contribution >= 4 is 41.0 Å². The summed E-state index contributed by atoms with van der Waals surface area (Å²) in [4.78, 5) is 85.6. The zero-order valence-corrected chi connectivity index (χ0v) is 23.2. The Morgan fingerprint density at radius 2 is 1.31 bits per heavy atom. The summed E-state index contributed by atoms with van der Waals surface area (Å²) in [5.41, 5.74) is 10.7. The maximum atomic E-state index is 12.9. The Hall–Kier alpha value is -3.23. The van der Waals surface area contributed by atoms with Crippen molar-refractivity contribution in [2.24, 2.45) is 23.3 Å². The largest absolute Gasteiger partial charge is 1.00 e. The number of amides is 4. The predicted molar refractivity (Wildman–Crippen MR) is 141 cm³/mol. The molecule has 0 aliphatic rings. The number of hydrogen-bond acceptors (Lipinski definition) is 10. The van der Waals surface area contributed by atoms with Crippen LogP contribution in [0.1, 0.15) is 68.1 Å². The molecule has 222 valence electrons. The molecule has 0 fully saturated rings. The van der Waals surface area contributed by atoms with Crippen LogP contribution in [0.5, 0.6) is 0 Å². The molecule has 4 amide bonds. The van der Waals surface area contributed by atoms with Gasteiger partial charge in [0.05, 0.1) is 48.7 Å². The number of Topliss-reactive ketones (excluding diaryl/α,β-unsaturated/α-hetero) is 3. The molecule has 0 saturated carbocycles. The number of nitrogens with one attached hydrogen (secondary N) is 3. The van der Waals surface area contributed by atoms with Gasteiger partial charge in [-0.05, 0) is 34.1 Å². The quantitative estimate of drug-likeness (QED) is 0.0893. The molecule has 2 unspecified atom stereocenters. The molecule has 0 aromatic heterocycles. The molecule has 0 saturated heterocycles. The van der Waals surface area contributed by atoms with Crippen LogP contribution in [0.4, 0.5) is 0 Å². The Labute approximate surface area is 229 Å². The van der Waals surface area contributed by atoms with Crippen molar-refractivity contribution in [1.29, 1.82) is 0 Å². The second-order valence-electron chi connectivity index (χ2n) is 9.73. The molecule has 0 rings (SSSR count). The second kappa shape index (κ2) is 17.4. The summed E-state index contributed by atoms with van der Waals surface area (Å²) in [6.07, 6.45) is -3.68. The average Bonchev–Trinajstić information content (AvgIpc) is 2.84. The van der Waals surface area contributed by atoms with Crippen molar-refractivity contribution in [2.75, 3.05) is 6.54 Å². The van der Waals surface area contributed by atoms with E-state index < -0.39 is 90.2 Å². The van der Waals surface area contributed by atoms with Crippen LogP contribution in [0, 0.1) is 11.8 Å². The zero-order valence-electron chi connectivity index (χ0n) is 24.2. The van der Waals surface area contributed by atoms with Gasteiger partial charge in [-0.2, -0.15) is 0 Å². The lowest BCUT2D eigenvalue weighted by Crippen LogP contribution is -2.50. The molecule has 0 aliphatic carbocycles. The lowest BCUT2D eigenvalue weighted by atomic mass is 9.90. The minimum Gasteiger partial charge on any atom is -0.393 e. The highest BCUT2D eigenvalue weighted by Crippen LogP contribution is 2.16. The Kier molecular flexibility index (Phi) is 15.9. The van der Waals surface area contributed by atoms with E-state index in [9.17, 15) is 43.8 Å². The van der Waals surface area contributed by atoms with Crippen molar-refractivity contribution in [3.05, 3.63) is 0 Å². The minimum atomic E-state index is -1.33. The zero-order chi connectivity index (χ0) is 30.4. The van der Waals surface area contributed by atoms with E-state index in [2.05, 4.69) is 16.0 Å². The van der Waals surface area contributed by atoms with E-state index in [0.29, 0.717) is 0 Å². The summed E-state index contributed by atoms with van der Waals surface area (Å²) in [5.74, 6) is -6.87. The fraction of sp³-hybridized carbons (Fsp3) is 0.720.